The summed E-state index contributed by atoms with van der Waals surface area (Å²) < 4.78 is 1.91. The second-order valence-corrected chi connectivity index (χ2v) is 8.22. The zero-order valence-corrected chi connectivity index (χ0v) is 15.1. The summed E-state index contributed by atoms with van der Waals surface area (Å²) in [7, 11) is 0. The zero-order valence-electron chi connectivity index (χ0n) is 13.5. The number of aromatic nitrogens is 2. The molecule has 6 heteroatoms. The molecule has 1 aliphatic rings. The predicted molar refractivity (Wildman–Crippen MR) is 100.0 cm³/mol. The van der Waals surface area contributed by atoms with E-state index in [-0.39, 0.29) is 5.91 Å². The maximum atomic E-state index is 13.1. The third-order valence-corrected chi connectivity index (χ3v) is 6.84. The van der Waals surface area contributed by atoms with E-state index in [9.17, 15) is 4.79 Å². The van der Waals surface area contributed by atoms with E-state index in [2.05, 4.69) is 22.5 Å². The molecule has 124 valence electrons. The number of aryl methyl sites for hydroxylation is 1. The number of pyridine rings is 1. The van der Waals surface area contributed by atoms with E-state index in [1.54, 1.807) is 0 Å². The highest BCUT2D eigenvalue weighted by Gasteiger charge is 2.26. The molecule has 1 fully saturated rings. The van der Waals surface area contributed by atoms with Crippen molar-refractivity contribution < 1.29 is 4.79 Å². The molecule has 4 nitrogen and oxygen atoms in total. The first kappa shape index (κ1) is 15.7. The van der Waals surface area contributed by atoms with Gasteiger partial charge in [0.2, 0.25) is 0 Å². The van der Waals surface area contributed by atoms with Gasteiger partial charge in [-0.1, -0.05) is 12.1 Å². The second-order valence-electron chi connectivity index (χ2n) is 5.93. The van der Waals surface area contributed by atoms with Gasteiger partial charge < -0.3 is 4.90 Å². The molecule has 24 heavy (non-hydrogen) atoms. The van der Waals surface area contributed by atoms with Gasteiger partial charge in [0, 0.05) is 35.2 Å². The fraction of sp³-hybridized carbons (Fsp3) is 0.333. The van der Waals surface area contributed by atoms with Crippen molar-refractivity contribution in [1.82, 2.24) is 14.3 Å². The fourth-order valence-corrected chi connectivity index (χ4v) is 5.43. The van der Waals surface area contributed by atoms with Gasteiger partial charge in [-0.15, -0.1) is 11.3 Å². The van der Waals surface area contributed by atoms with Crippen molar-refractivity contribution in [3.63, 3.8) is 0 Å². The Bertz CT molecular complexity index is 856. The van der Waals surface area contributed by atoms with Crippen LogP contribution in [0.3, 0.4) is 0 Å². The number of thioether (sulfide) groups is 1. The SMILES string of the molecule is Cc1nc2ccccn2c1C(=O)N1CCSC(c2cccs2)CC1. The molecule has 0 bridgehead atoms. The van der Waals surface area contributed by atoms with Crippen molar-refractivity contribution in [2.75, 3.05) is 18.8 Å². The average Bonchev–Trinajstić information content (AvgIpc) is 3.15. The van der Waals surface area contributed by atoms with Crippen molar-refractivity contribution in [2.45, 2.75) is 18.6 Å². The van der Waals surface area contributed by atoms with Crippen LogP contribution < -0.4 is 0 Å². The number of rotatable bonds is 2. The fourth-order valence-electron chi connectivity index (χ4n) is 3.20. The van der Waals surface area contributed by atoms with Gasteiger partial charge in [0.25, 0.3) is 5.91 Å². The van der Waals surface area contributed by atoms with Gasteiger partial charge in [0.1, 0.15) is 11.3 Å². The van der Waals surface area contributed by atoms with E-state index in [0.29, 0.717) is 10.9 Å². The molecule has 1 saturated heterocycles. The summed E-state index contributed by atoms with van der Waals surface area (Å²) in [6.07, 6.45) is 2.93. The summed E-state index contributed by atoms with van der Waals surface area (Å²) in [6.45, 7) is 3.51. The molecule has 0 spiro atoms. The Kier molecular flexibility index (Phi) is 4.33. The summed E-state index contributed by atoms with van der Waals surface area (Å²) in [5.74, 6) is 1.07. The van der Waals surface area contributed by atoms with Gasteiger partial charge in [0.15, 0.2) is 0 Å². The predicted octanol–water partition coefficient (Wildman–Crippen LogP) is 4.02. The van der Waals surface area contributed by atoms with Crippen LogP contribution >= 0.6 is 23.1 Å². The van der Waals surface area contributed by atoms with Gasteiger partial charge in [-0.25, -0.2) is 4.98 Å². The average molecular weight is 358 g/mol. The third kappa shape index (κ3) is 2.84. The van der Waals surface area contributed by atoms with E-state index < -0.39 is 0 Å². The number of carbonyl (C=O) groups excluding carboxylic acids is 1. The molecule has 1 aliphatic heterocycles. The van der Waals surface area contributed by atoms with Gasteiger partial charge in [0.05, 0.1) is 5.69 Å². The smallest absolute Gasteiger partial charge is 0.272 e. The number of nitrogens with zero attached hydrogens (tertiary/aromatic N) is 3. The molecule has 0 saturated carbocycles. The van der Waals surface area contributed by atoms with Crippen LogP contribution in [0, 0.1) is 6.92 Å². The lowest BCUT2D eigenvalue weighted by molar-refractivity contribution is 0.0759. The van der Waals surface area contributed by atoms with Crippen molar-refractivity contribution >= 4 is 34.7 Å². The van der Waals surface area contributed by atoms with Gasteiger partial charge in [-0.05, 0) is 36.9 Å². The number of carbonyl (C=O) groups is 1. The molecule has 1 amide bonds. The van der Waals surface area contributed by atoms with E-state index >= 15 is 0 Å². The van der Waals surface area contributed by atoms with Gasteiger partial charge >= 0.3 is 0 Å². The summed E-state index contributed by atoms with van der Waals surface area (Å²) in [5, 5.41) is 2.64. The highest BCUT2D eigenvalue weighted by Crippen LogP contribution is 2.37. The number of thiophene rings is 1. The second kappa shape index (κ2) is 6.61. The standard InChI is InChI=1S/C18H19N3OS2/c1-13-17(21-8-3-2-6-16(21)19-13)18(22)20-9-7-15(24-12-10-20)14-5-4-11-23-14/h2-6,8,11,15H,7,9-10,12H2,1H3. The van der Waals surface area contributed by atoms with Crippen LogP contribution in [0.5, 0.6) is 0 Å². The Labute approximate surface area is 149 Å². The van der Waals surface area contributed by atoms with Crippen LogP contribution in [0.4, 0.5) is 0 Å². The number of fused-ring (bicyclic) bond motifs is 1. The molecule has 1 unspecified atom stereocenters. The Morgan fingerprint density at radius 1 is 1.25 bits per heavy atom. The minimum Gasteiger partial charge on any atom is -0.336 e. The number of amides is 1. The molecule has 4 heterocycles. The maximum absolute atomic E-state index is 13.1. The van der Waals surface area contributed by atoms with Crippen molar-refractivity contribution in [3.8, 4) is 0 Å². The Morgan fingerprint density at radius 3 is 3.00 bits per heavy atom. The Balaban J connectivity index is 1.57. The third-order valence-electron chi connectivity index (χ3n) is 4.40. The number of hydrogen-bond acceptors (Lipinski definition) is 4. The van der Waals surface area contributed by atoms with Crippen LogP contribution in [0.15, 0.2) is 41.9 Å². The van der Waals surface area contributed by atoms with Crippen LogP contribution in [-0.2, 0) is 0 Å². The molecule has 0 N–H and O–H groups in total. The van der Waals surface area contributed by atoms with Crippen LogP contribution in [-0.4, -0.2) is 39.0 Å². The van der Waals surface area contributed by atoms with E-state index in [1.165, 1.54) is 4.88 Å². The summed E-state index contributed by atoms with van der Waals surface area (Å²) in [5.41, 5.74) is 2.34. The van der Waals surface area contributed by atoms with Crippen LogP contribution in [0.2, 0.25) is 0 Å². The molecule has 0 radical (unpaired) electrons. The minimum atomic E-state index is 0.0960. The molecular weight excluding hydrogens is 338 g/mol. The molecule has 3 aromatic rings. The van der Waals surface area contributed by atoms with E-state index in [1.807, 2.05) is 63.7 Å². The van der Waals surface area contributed by atoms with Crippen LogP contribution in [0.25, 0.3) is 5.65 Å². The molecule has 1 atom stereocenters. The minimum absolute atomic E-state index is 0.0960. The van der Waals surface area contributed by atoms with Gasteiger partial charge in [-0.2, -0.15) is 11.8 Å². The van der Waals surface area contributed by atoms with Crippen molar-refractivity contribution in [1.29, 1.82) is 0 Å². The summed E-state index contributed by atoms with van der Waals surface area (Å²) in [6, 6.07) is 10.1. The first-order chi connectivity index (χ1) is 11.7. The number of imidazole rings is 1. The molecule has 0 aromatic carbocycles. The highest BCUT2D eigenvalue weighted by molar-refractivity contribution is 7.99. The lowest BCUT2D eigenvalue weighted by atomic mass is 10.2. The van der Waals surface area contributed by atoms with Gasteiger partial charge in [-0.3, -0.25) is 9.20 Å². The molecular formula is C18H19N3OS2. The maximum Gasteiger partial charge on any atom is 0.272 e. The number of hydrogen-bond donors (Lipinski definition) is 0. The highest BCUT2D eigenvalue weighted by atomic mass is 32.2. The normalized spacial score (nSPS) is 18.7. The molecule has 4 rings (SSSR count). The Morgan fingerprint density at radius 2 is 2.17 bits per heavy atom. The lowest BCUT2D eigenvalue weighted by Crippen LogP contribution is -2.34. The molecule has 0 aliphatic carbocycles. The largest absolute Gasteiger partial charge is 0.336 e. The van der Waals surface area contributed by atoms with E-state index in [4.69, 9.17) is 0 Å². The summed E-state index contributed by atoms with van der Waals surface area (Å²) >= 11 is 3.77. The monoisotopic (exact) mass is 357 g/mol. The summed E-state index contributed by atoms with van der Waals surface area (Å²) in [4.78, 5) is 21.0. The topological polar surface area (TPSA) is 37.6 Å². The van der Waals surface area contributed by atoms with Crippen molar-refractivity contribution in [3.05, 3.63) is 58.2 Å². The lowest BCUT2D eigenvalue weighted by Gasteiger charge is -2.20. The Hall–Kier alpha value is -1.79. The quantitative estimate of drug-likeness (QED) is 0.695. The van der Waals surface area contributed by atoms with Crippen molar-refractivity contribution in [2.24, 2.45) is 0 Å². The first-order valence-corrected chi connectivity index (χ1v) is 10.0. The van der Waals surface area contributed by atoms with E-state index in [0.717, 1.165) is 36.6 Å². The zero-order chi connectivity index (χ0) is 16.5. The molecule has 3 aromatic heterocycles. The first-order valence-electron chi connectivity index (χ1n) is 8.12. The van der Waals surface area contributed by atoms with Crippen LogP contribution in [0.1, 0.15) is 32.7 Å².